The number of nitrogens with zero attached hydrogens (tertiary/aromatic N) is 2. The Bertz CT molecular complexity index is 329. The van der Waals surface area contributed by atoms with Crippen molar-refractivity contribution in [1.82, 2.24) is 15.1 Å². The number of hydrogen-bond acceptors (Lipinski definition) is 4. The van der Waals surface area contributed by atoms with Crippen molar-refractivity contribution in [3.05, 3.63) is 12.7 Å². The monoisotopic (exact) mass is 281 g/mol. The Morgan fingerprint density at radius 2 is 2.15 bits per heavy atom. The lowest BCUT2D eigenvalue weighted by Crippen LogP contribution is -2.52. The molecule has 5 nitrogen and oxygen atoms in total. The summed E-state index contributed by atoms with van der Waals surface area (Å²) in [6, 6.07) is 0.539. The summed E-state index contributed by atoms with van der Waals surface area (Å²) in [5, 5.41) is 12.5. The van der Waals surface area contributed by atoms with Gasteiger partial charge in [0.15, 0.2) is 0 Å². The van der Waals surface area contributed by atoms with Crippen molar-refractivity contribution in [2.45, 2.75) is 37.8 Å². The molecule has 2 rings (SSSR count). The summed E-state index contributed by atoms with van der Waals surface area (Å²) in [5.41, 5.74) is 0. The number of aliphatic hydroxyl groups is 1. The first kappa shape index (κ1) is 15.5. The first-order valence-corrected chi connectivity index (χ1v) is 7.75. The van der Waals surface area contributed by atoms with Crippen LogP contribution in [-0.4, -0.2) is 72.2 Å². The first-order chi connectivity index (χ1) is 9.77. The standard InChI is InChI=1S/C15H27N3O2/c1-2-9-17(11-12-19)15(20)14-4-3-10-18(14)13-5-7-16-8-6-13/h2,13-14,16,19H,1,3-12H2. The summed E-state index contributed by atoms with van der Waals surface area (Å²) < 4.78 is 0. The highest BCUT2D eigenvalue weighted by Crippen LogP contribution is 2.25. The second-order valence-electron chi connectivity index (χ2n) is 5.67. The smallest absolute Gasteiger partial charge is 0.240 e. The minimum Gasteiger partial charge on any atom is -0.395 e. The van der Waals surface area contributed by atoms with Crippen molar-refractivity contribution >= 4 is 5.91 Å². The van der Waals surface area contributed by atoms with Gasteiger partial charge < -0.3 is 15.3 Å². The molecule has 0 aromatic carbocycles. The maximum absolute atomic E-state index is 12.7. The summed E-state index contributed by atoms with van der Waals surface area (Å²) in [6.45, 7) is 7.78. The molecular weight excluding hydrogens is 254 g/mol. The van der Waals surface area contributed by atoms with Gasteiger partial charge in [0.05, 0.1) is 12.6 Å². The Balaban J connectivity index is 2.00. The van der Waals surface area contributed by atoms with Gasteiger partial charge in [-0.25, -0.2) is 0 Å². The number of likely N-dealkylation sites (tertiary alicyclic amines) is 1. The molecule has 0 aliphatic carbocycles. The van der Waals surface area contributed by atoms with Crippen molar-refractivity contribution in [2.24, 2.45) is 0 Å². The molecule has 0 bridgehead atoms. The number of aliphatic hydroxyl groups excluding tert-OH is 1. The molecular formula is C15H27N3O2. The van der Waals surface area contributed by atoms with Crippen LogP contribution in [0.3, 0.4) is 0 Å². The summed E-state index contributed by atoms with van der Waals surface area (Å²) in [4.78, 5) is 16.8. The SMILES string of the molecule is C=CCN(CCO)C(=O)C1CCCN1C1CCNCC1. The highest BCUT2D eigenvalue weighted by molar-refractivity contribution is 5.82. The Kier molecular flexibility index (Phi) is 6.01. The van der Waals surface area contributed by atoms with Gasteiger partial charge in [-0.3, -0.25) is 9.69 Å². The zero-order valence-electron chi connectivity index (χ0n) is 12.3. The third kappa shape index (κ3) is 3.59. The maximum Gasteiger partial charge on any atom is 0.240 e. The average Bonchev–Trinajstić information content (AvgIpc) is 2.96. The van der Waals surface area contributed by atoms with Crippen LogP contribution in [0.15, 0.2) is 12.7 Å². The van der Waals surface area contributed by atoms with Gasteiger partial charge in [-0.05, 0) is 45.3 Å². The minimum atomic E-state index is 0.00426. The van der Waals surface area contributed by atoms with E-state index in [9.17, 15) is 4.79 Å². The van der Waals surface area contributed by atoms with E-state index in [4.69, 9.17) is 5.11 Å². The second kappa shape index (κ2) is 7.76. The van der Waals surface area contributed by atoms with Gasteiger partial charge in [-0.1, -0.05) is 6.08 Å². The largest absolute Gasteiger partial charge is 0.395 e. The van der Waals surface area contributed by atoms with Crippen LogP contribution in [-0.2, 0) is 4.79 Å². The van der Waals surface area contributed by atoms with Gasteiger partial charge >= 0.3 is 0 Å². The molecule has 0 aromatic heterocycles. The predicted octanol–water partition coefficient (Wildman–Crippen LogP) is 0.210. The van der Waals surface area contributed by atoms with Gasteiger partial charge in [0.2, 0.25) is 5.91 Å². The van der Waals surface area contributed by atoms with E-state index in [0.717, 1.165) is 45.3 Å². The van der Waals surface area contributed by atoms with Crippen LogP contribution in [0.25, 0.3) is 0 Å². The topological polar surface area (TPSA) is 55.8 Å². The molecule has 2 heterocycles. The molecule has 2 fully saturated rings. The molecule has 114 valence electrons. The molecule has 20 heavy (non-hydrogen) atoms. The number of nitrogens with one attached hydrogen (secondary N) is 1. The fraction of sp³-hybridized carbons (Fsp3) is 0.800. The Hall–Kier alpha value is -0.910. The molecule has 2 aliphatic heterocycles. The van der Waals surface area contributed by atoms with Crippen LogP contribution in [0.2, 0.25) is 0 Å². The number of amides is 1. The molecule has 2 saturated heterocycles. The van der Waals surface area contributed by atoms with E-state index in [-0.39, 0.29) is 18.6 Å². The van der Waals surface area contributed by atoms with Crippen LogP contribution in [0.1, 0.15) is 25.7 Å². The Labute approximate surface area is 121 Å². The van der Waals surface area contributed by atoms with E-state index in [0.29, 0.717) is 19.1 Å². The van der Waals surface area contributed by atoms with Crippen molar-refractivity contribution in [2.75, 3.05) is 39.3 Å². The van der Waals surface area contributed by atoms with Gasteiger partial charge in [0, 0.05) is 19.1 Å². The van der Waals surface area contributed by atoms with Crippen LogP contribution in [0, 0.1) is 0 Å². The van der Waals surface area contributed by atoms with Crippen LogP contribution in [0.5, 0.6) is 0 Å². The fourth-order valence-electron chi connectivity index (χ4n) is 3.41. The quantitative estimate of drug-likeness (QED) is 0.684. The van der Waals surface area contributed by atoms with E-state index in [1.54, 1.807) is 11.0 Å². The number of piperidine rings is 1. The second-order valence-corrected chi connectivity index (χ2v) is 5.67. The Morgan fingerprint density at radius 1 is 1.40 bits per heavy atom. The molecule has 0 spiro atoms. The van der Waals surface area contributed by atoms with E-state index >= 15 is 0 Å². The molecule has 0 radical (unpaired) electrons. The summed E-state index contributed by atoms with van der Waals surface area (Å²) in [6.07, 6.45) is 6.04. The van der Waals surface area contributed by atoms with Gasteiger partial charge in [0.25, 0.3) is 0 Å². The number of rotatable bonds is 6. The molecule has 1 atom stereocenters. The summed E-state index contributed by atoms with van der Waals surface area (Å²) >= 11 is 0. The van der Waals surface area contributed by atoms with Crippen LogP contribution < -0.4 is 5.32 Å². The Morgan fingerprint density at radius 3 is 2.80 bits per heavy atom. The molecule has 0 saturated carbocycles. The van der Waals surface area contributed by atoms with Gasteiger partial charge in [-0.15, -0.1) is 6.58 Å². The number of carbonyl (C=O) groups excluding carboxylic acids is 1. The third-order valence-corrected chi connectivity index (χ3v) is 4.39. The molecule has 0 aromatic rings. The lowest BCUT2D eigenvalue weighted by molar-refractivity contribution is -0.137. The zero-order valence-corrected chi connectivity index (χ0v) is 12.3. The van der Waals surface area contributed by atoms with Crippen molar-refractivity contribution in [3.63, 3.8) is 0 Å². The molecule has 2 aliphatic rings. The molecule has 1 amide bonds. The average molecular weight is 281 g/mol. The van der Waals surface area contributed by atoms with Crippen molar-refractivity contribution in [1.29, 1.82) is 0 Å². The van der Waals surface area contributed by atoms with E-state index < -0.39 is 0 Å². The minimum absolute atomic E-state index is 0.00426. The first-order valence-electron chi connectivity index (χ1n) is 7.75. The molecule has 2 N–H and O–H groups in total. The number of carbonyl (C=O) groups is 1. The zero-order chi connectivity index (χ0) is 14.4. The van der Waals surface area contributed by atoms with Gasteiger partial charge in [0.1, 0.15) is 0 Å². The van der Waals surface area contributed by atoms with E-state index in [2.05, 4.69) is 16.8 Å². The predicted molar refractivity (Wildman–Crippen MR) is 79.5 cm³/mol. The van der Waals surface area contributed by atoms with Gasteiger partial charge in [-0.2, -0.15) is 0 Å². The van der Waals surface area contributed by atoms with Crippen molar-refractivity contribution < 1.29 is 9.90 Å². The molecule has 5 heteroatoms. The van der Waals surface area contributed by atoms with E-state index in [1.165, 1.54) is 0 Å². The van der Waals surface area contributed by atoms with E-state index in [1.807, 2.05) is 0 Å². The lowest BCUT2D eigenvalue weighted by Gasteiger charge is -2.37. The lowest BCUT2D eigenvalue weighted by atomic mass is 10.0. The maximum atomic E-state index is 12.7. The normalized spacial score (nSPS) is 24.8. The summed E-state index contributed by atoms with van der Waals surface area (Å²) in [7, 11) is 0. The third-order valence-electron chi connectivity index (χ3n) is 4.39. The highest BCUT2D eigenvalue weighted by atomic mass is 16.3. The van der Waals surface area contributed by atoms with Crippen LogP contribution >= 0.6 is 0 Å². The van der Waals surface area contributed by atoms with Crippen LogP contribution in [0.4, 0.5) is 0 Å². The molecule has 1 unspecified atom stereocenters. The number of hydrogen-bond donors (Lipinski definition) is 2. The fourth-order valence-corrected chi connectivity index (χ4v) is 3.41. The summed E-state index contributed by atoms with van der Waals surface area (Å²) in [5.74, 6) is 0.162. The highest BCUT2D eigenvalue weighted by Gasteiger charge is 2.37. The van der Waals surface area contributed by atoms with Crippen molar-refractivity contribution in [3.8, 4) is 0 Å².